The lowest BCUT2D eigenvalue weighted by Gasteiger charge is -2.36. The highest BCUT2D eigenvalue weighted by molar-refractivity contribution is 5.74. The van der Waals surface area contributed by atoms with Gasteiger partial charge >= 0.3 is 6.03 Å². The molecule has 2 aromatic carbocycles. The summed E-state index contributed by atoms with van der Waals surface area (Å²) in [6.07, 6.45) is 0. The number of piperazine rings is 1. The van der Waals surface area contributed by atoms with E-state index in [2.05, 4.69) is 29.3 Å². The summed E-state index contributed by atoms with van der Waals surface area (Å²) in [5.74, 6) is 1.32. The Kier molecular flexibility index (Phi) is 6.72. The third-order valence-corrected chi connectivity index (χ3v) is 6.03. The van der Waals surface area contributed by atoms with Crippen LogP contribution in [0.2, 0.25) is 0 Å². The van der Waals surface area contributed by atoms with Crippen molar-refractivity contribution in [1.82, 2.24) is 20.0 Å². The Morgan fingerprint density at radius 3 is 2.33 bits per heavy atom. The van der Waals surface area contributed by atoms with Gasteiger partial charge in [0.2, 0.25) is 0 Å². The third-order valence-electron chi connectivity index (χ3n) is 6.03. The lowest BCUT2D eigenvalue weighted by Crippen LogP contribution is -2.52. The van der Waals surface area contributed by atoms with Crippen LogP contribution in [0.3, 0.4) is 0 Å². The number of nitrogens with zero attached hydrogens (tertiary/aromatic N) is 4. The molecule has 33 heavy (non-hydrogen) atoms. The Bertz CT molecular complexity index is 1100. The van der Waals surface area contributed by atoms with Gasteiger partial charge in [-0.2, -0.15) is 5.10 Å². The van der Waals surface area contributed by atoms with Gasteiger partial charge in [-0.1, -0.05) is 24.3 Å². The average Bonchev–Trinajstić information content (AvgIpc) is 3.16. The molecule has 1 N–H and O–H groups in total. The van der Waals surface area contributed by atoms with Crippen molar-refractivity contribution in [1.29, 1.82) is 0 Å². The highest BCUT2D eigenvalue weighted by Gasteiger charge is 2.25. The van der Waals surface area contributed by atoms with Gasteiger partial charge in [-0.05, 0) is 43.7 Å². The summed E-state index contributed by atoms with van der Waals surface area (Å²) in [4.78, 5) is 16.9. The first-order chi connectivity index (χ1) is 16.0. The SMILES string of the molecule is COc1ccc(CNC(=O)N2CCN(c3c(C)nn(-c4ccccc4)c3C)CC2)cc1OC. The number of carbonyl (C=O) groups excluding carboxylic acids is 1. The molecule has 0 bridgehead atoms. The van der Waals surface area contributed by atoms with Crippen LogP contribution >= 0.6 is 0 Å². The number of hydrogen-bond donors (Lipinski definition) is 1. The number of amides is 2. The fourth-order valence-electron chi connectivity index (χ4n) is 4.33. The van der Waals surface area contributed by atoms with E-state index in [1.165, 1.54) is 0 Å². The molecule has 174 valence electrons. The first-order valence-electron chi connectivity index (χ1n) is 11.1. The number of benzene rings is 2. The topological polar surface area (TPSA) is 71.9 Å². The molecule has 0 unspecified atom stereocenters. The van der Waals surface area contributed by atoms with Crippen molar-refractivity contribution >= 4 is 11.7 Å². The van der Waals surface area contributed by atoms with Gasteiger partial charge in [-0.25, -0.2) is 9.48 Å². The summed E-state index contributed by atoms with van der Waals surface area (Å²) in [7, 11) is 3.21. The Morgan fingerprint density at radius 1 is 0.970 bits per heavy atom. The van der Waals surface area contributed by atoms with E-state index in [0.717, 1.165) is 41.4 Å². The molecule has 0 radical (unpaired) electrons. The van der Waals surface area contributed by atoms with E-state index in [-0.39, 0.29) is 6.03 Å². The number of anilines is 1. The summed E-state index contributed by atoms with van der Waals surface area (Å²) in [5.41, 5.74) is 5.29. The van der Waals surface area contributed by atoms with Crippen LogP contribution < -0.4 is 19.7 Å². The van der Waals surface area contributed by atoms with Gasteiger partial charge < -0.3 is 24.6 Å². The molecule has 0 aliphatic carbocycles. The molecule has 1 saturated heterocycles. The maximum atomic E-state index is 12.7. The molecule has 0 saturated carbocycles. The molecule has 1 fully saturated rings. The number of aromatic nitrogens is 2. The molecule has 8 heteroatoms. The van der Waals surface area contributed by atoms with Crippen molar-refractivity contribution in [2.45, 2.75) is 20.4 Å². The minimum Gasteiger partial charge on any atom is -0.493 e. The summed E-state index contributed by atoms with van der Waals surface area (Å²) in [5, 5.41) is 7.78. The molecule has 0 atom stereocenters. The van der Waals surface area contributed by atoms with Crippen LogP contribution in [0.25, 0.3) is 5.69 Å². The molecule has 1 aliphatic rings. The number of rotatable bonds is 6. The van der Waals surface area contributed by atoms with Crippen molar-refractivity contribution in [3.63, 3.8) is 0 Å². The van der Waals surface area contributed by atoms with Crippen LogP contribution in [-0.2, 0) is 6.54 Å². The fraction of sp³-hybridized carbons (Fsp3) is 0.360. The quantitative estimate of drug-likeness (QED) is 0.623. The lowest BCUT2D eigenvalue weighted by atomic mass is 10.2. The van der Waals surface area contributed by atoms with Gasteiger partial charge in [0.25, 0.3) is 0 Å². The molecular formula is C25H31N5O3. The van der Waals surface area contributed by atoms with Crippen LogP contribution in [-0.4, -0.2) is 61.1 Å². The predicted octanol–water partition coefficient (Wildman–Crippen LogP) is 3.54. The molecule has 8 nitrogen and oxygen atoms in total. The first-order valence-corrected chi connectivity index (χ1v) is 11.1. The maximum Gasteiger partial charge on any atom is 0.317 e. The van der Waals surface area contributed by atoms with Crippen LogP contribution in [0.5, 0.6) is 11.5 Å². The minimum absolute atomic E-state index is 0.0575. The Labute approximate surface area is 194 Å². The van der Waals surface area contributed by atoms with Crippen LogP contribution in [0.15, 0.2) is 48.5 Å². The molecular weight excluding hydrogens is 418 g/mol. The third kappa shape index (κ3) is 4.74. The Morgan fingerprint density at radius 2 is 1.67 bits per heavy atom. The number of methoxy groups -OCH3 is 2. The van der Waals surface area contributed by atoms with Crippen LogP contribution in [0.4, 0.5) is 10.5 Å². The molecule has 1 aromatic heterocycles. The maximum absolute atomic E-state index is 12.7. The van der Waals surface area contributed by atoms with E-state index < -0.39 is 0 Å². The van der Waals surface area contributed by atoms with Crippen molar-refractivity contribution in [2.75, 3.05) is 45.3 Å². The van der Waals surface area contributed by atoms with Gasteiger partial charge in [-0.15, -0.1) is 0 Å². The molecule has 2 heterocycles. The molecule has 2 amide bonds. The number of nitrogens with one attached hydrogen (secondary N) is 1. The summed E-state index contributed by atoms with van der Waals surface area (Å²) in [6, 6.07) is 15.8. The number of ether oxygens (including phenoxy) is 2. The zero-order chi connectivity index (χ0) is 23.4. The predicted molar refractivity (Wildman–Crippen MR) is 129 cm³/mol. The lowest BCUT2D eigenvalue weighted by molar-refractivity contribution is 0.194. The number of carbonyl (C=O) groups is 1. The minimum atomic E-state index is -0.0575. The number of para-hydroxylation sites is 1. The zero-order valence-electron chi connectivity index (χ0n) is 19.7. The zero-order valence-corrected chi connectivity index (χ0v) is 19.7. The highest BCUT2D eigenvalue weighted by atomic mass is 16.5. The molecule has 1 aliphatic heterocycles. The summed E-state index contributed by atoms with van der Waals surface area (Å²) < 4.78 is 12.6. The number of hydrogen-bond acceptors (Lipinski definition) is 5. The van der Waals surface area contributed by atoms with Crippen molar-refractivity contribution in [3.8, 4) is 17.2 Å². The van der Waals surface area contributed by atoms with E-state index in [1.807, 2.05) is 52.9 Å². The second kappa shape index (κ2) is 9.85. The van der Waals surface area contributed by atoms with Gasteiger partial charge in [0.15, 0.2) is 11.5 Å². The fourth-order valence-corrected chi connectivity index (χ4v) is 4.33. The van der Waals surface area contributed by atoms with Gasteiger partial charge in [0.05, 0.1) is 37.0 Å². The first kappa shape index (κ1) is 22.5. The van der Waals surface area contributed by atoms with Crippen molar-refractivity contribution in [2.24, 2.45) is 0 Å². The van der Waals surface area contributed by atoms with Crippen molar-refractivity contribution in [3.05, 3.63) is 65.5 Å². The van der Waals surface area contributed by atoms with Gasteiger partial charge in [0, 0.05) is 32.7 Å². The Balaban J connectivity index is 1.35. The second-order valence-electron chi connectivity index (χ2n) is 8.09. The van der Waals surface area contributed by atoms with E-state index in [9.17, 15) is 4.79 Å². The van der Waals surface area contributed by atoms with E-state index in [1.54, 1.807) is 14.2 Å². The monoisotopic (exact) mass is 449 g/mol. The van der Waals surface area contributed by atoms with Crippen molar-refractivity contribution < 1.29 is 14.3 Å². The normalized spacial score (nSPS) is 13.7. The molecule has 4 rings (SSSR count). The molecule has 3 aromatic rings. The largest absolute Gasteiger partial charge is 0.493 e. The Hall–Kier alpha value is -3.68. The van der Waals surface area contributed by atoms with Gasteiger partial charge in [0.1, 0.15) is 0 Å². The summed E-state index contributed by atoms with van der Waals surface area (Å²) in [6.45, 7) is 7.44. The molecule has 0 spiro atoms. The van der Waals surface area contributed by atoms with Gasteiger partial charge in [-0.3, -0.25) is 0 Å². The standard InChI is InChI=1S/C25H31N5O3/c1-18-24(19(2)30(27-18)21-8-6-5-7-9-21)28-12-14-29(15-13-28)25(31)26-17-20-10-11-22(32-3)23(16-20)33-4/h5-11,16H,12-15,17H2,1-4H3,(H,26,31). The highest BCUT2D eigenvalue weighted by Crippen LogP contribution is 2.28. The number of aryl methyl sites for hydroxylation is 1. The second-order valence-corrected chi connectivity index (χ2v) is 8.09. The summed E-state index contributed by atoms with van der Waals surface area (Å²) >= 11 is 0. The van der Waals surface area contributed by atoms with E-state index in [0.29, 0.717) is 31.1 Å². The van der Waals surface area contributed by atoms with Crippen LogP contribution in [0.1, 0.15) is 17.0 Å². The van der Waals surface area contributed by atoms with Crippen LogP contribution in [0, 0.1) is 13.8 Å². The average molecular weight is 450 g/mol. The van der Waals surface area contributed by atoms with E-state index in [4.69, 9.17) is 14.6 Å². The van der Waals surface area contributed by atoms with E-state index >= 15 is 0 Å². The number of urea groups is 1. The smallest absolute Gasteiger partial charge is 0.317 e.